The van der Waals surface area contributed by atoms with Crippen molar-refractivity contribution in [1.82, 2.24) is 15.1 Å². The lowest BCUT2D eigenvalue weighted by Gasteiger charge is -2.42. The van der Waals surface area contributed by atoms with Gasteiger partial charge in [-0.05, 0) is 49.9 Å². The second-order valence-corrected chi connectivity index (χ2v) is 9.26. The van der Waals surface area contributed by atoms with Crippen molar-refractivity contribution in [3.8, 4) is 0 Å². The number of piperidine rings is 1. The maximum absolute atomic E-state index is 13.0. The van der Waals surface area contributed by atoms with E-state index in [-0.39, 0.29) is 29.8 Å². The molecule has 1 spiro atoms. The number of hydrogen-bond donors (Lipinski definition) is 2. The second kappa shape index (κ2) is 7.41. The van der Waals surface area contributed by atoms with Crippen molar-refractivity contribution in [2.45, 2.75) is 77.3 Å². The van der Waals surface area contributed by atoms with Crippen molar-refractivity contribution in [3.63, 3.8) is 0 Å². The Morgan fingerprint density at radius 1 is 1.26 bits per heavy atom. The van der Waals surface area contributed by atoms with Gasteiger partial charge in [-0.2, -0.15) is 0 Å². The van der Waals surface area contributed by atoms with Crippen LogP contribution in [0.1, 0.15) is 65.7 Å². The molecule has 1 aliphatic carbocycles. The van der Waals surface area contributed by atoms with Crippen molar-refractivity contribution in [2.24, 2.45) is 17.1 Å². The number of carbonyl (C=O) groups is 3. The molecule has 3 aliphatic rings. The first kappa shape index (κ1) is 20.1. The lowest BCUT2D eigenvalue weighted by molar-refractivity contribution is -0.140. The van der Waals surface area contributed by atoms with Crippen molar-refractivity contribution >= 4 is 17.8 Å². The highest BCUT2D eigenvalue weighted by Crippen LogP contribution is 2.45. The molecule has 0 aromatic rings. The van der Waals surface area contributed by atoms with Crippen LogP contribution in [0.3, 0.4) is 0 Å². The van der Waals surface area contributed by atoms with Gasteiger partial charge in [0.2, 0.25) is 5.91 Å². The predicted octanol–water partition coefficient (Wildman–Crippen LogP) is 1.85. The van der Waals surface area contributed by atoms with E-state index in [9.17, 15) is 14.4 Å². The fourth-order valence-corrected chi connectivity index (χ4v) is 4.81. The van der Waals surface area contributed by atoms with Gasteiger partial charge in [-0.25, -0.2) is 4.79 Å². The molecule has 0 aromatic carbocycles. The van der Waals surface area contributed by atoms with Gasteiger partial charge in [-0.3, -0.25) is 14.5 Å². The second-order valence-electron chi connectivity index (χ2n) is 9.26. The average molecular weight is 379 g/mol. The Morgan fingerprint density at radius 2 is 1.93 bits per heavy atom. The summed E-state index contributed by atoms with van der Waals surface area (Å²) in [5.41, 5.74) is 5.38. The zero-order chi connectivity index (χ0) is 19.8. The molecule has 3 fully saturated rings. The minimum atomic E-state index is -0.810. The standard InChI is InChI=1S/C20H34N4O3/c1-4-19(2,3)14-7-9-20(10-8-14)17(26)24(18(27)22-20)13-16(25)23-11-5-6-15(21)12-23/h14-15H,4-13,21H2,1-3H3,(H,22,27). The third kappa shape index (κ3) is 3.84. The van der Waals surface area contributed by atoms with E-state index < -0.39 is 11.6 Å². The van der Waals surface area contributed by atoms with Crippen molar-refractivity contribution in [2.75, 3.05) is 19.6 Å². The third-order valence-electron chi connectivity index (χ3n) is 7.21. The molecule has 2 heterocycles. The lowest BCUT2D eigenvalue weighted by atomic mass is 9.65. The van der Waals surface area contributed by atoms with Gasteiger partial charge < -0.3 is 16.0 Å². The highest BCUT2D eigenvalue weighted by Gasteiger charge is 2.53. The van der Waals surface area contributed by atoms with Gasteiger partial charge in [-0.1, -0.05) is 27.2 Å². The average Bonchev–Trinajstić information content (AvgIpc) is 2.86. The van der Waals surface area contributed by atoms with Gasteiger partial charge in [0.25, 0.3) is 5.91 Å². The van der Waals surface area contributed by atoms with E-state index in [0.717, 1.165) is 37.0 Å². The van der Waals surface area contributed by atoms with Crippen molar-refractivity contribution in [1.29, 1.82) is 0 Å². The van der Waals surface area contributed by atoms with Gasteiger partial charge in [-0.15, -0.1) is 0 Å². The summed E-state index contributed by atoms with van der Waals surface area (Å²) in [5, 5.41) is 2.92. The summed E-state index contributed by atoms with van der Waals surface area (Å²) in [4.78, 5) is 40.9. The Labute approximate surface area is 162 Å². The Kier molecular flexibility index (Phi) is 5.52. The van der Waals surface area contributed by atoms with Gasteiger partial charge in [0.15, 0.2) is 0 Å². The Hall–Kier alpha value is -1.63. The van der Waals surface area contributed by atoms with Crippen LogP contribution >= 0.6 is 0 Å². The molecule has 1 saturated carbocycles. The van der Waals surface area contributed by atoms with E-state index in [1.54, 1.807) is 4.90 Å². The topological polar surface area (TPSA) is 95.7 Å². The molecule has 7 nitrogen and oxygen atoms in total. The van der Waals surface area contributed by atoms with Crippen LogP contribution in [0.25, 0.3) is 0 Å². The van der Waals surface area contributed by atoms with E-state index in [1.165, 1.54) is 0 Å². The van der Waals surface area contributed by atoms with E-state index in [2.05, 4.69) is 26.1 Å². The first-order valence-electron chi connectivity index (χ1n) is 10.4. The molecule has 152 valence electrons. The summed E-state index contributed by atoms with van der Waals surface area (Å²) in [6.45, 7) is 7.73. The molecule has 3 rings (SSSR count). The molecule has 2 aliphatic heterocycles. The van der Waals surface area contributed by atoms with Crippen LogP contribution in [0.5, 0.6) is 0 Å². The van der Waals surface area contributed by atoms with Crippen molar-refractivity contribution < 1.29 is 14.4 Å². The fourth-order valence-electron chi connectivity index (χ4n) is 4.81. The first-order chi connectivity index (χ1) is 12.7. The summed E-state index contributed by atoms with van der Waals surface area (Å²) in [7, 11) is 0. The monoisotopic (exact) mass is 378 g/mol. The number of imide groups is 1. The van der Waals surface area contributed by atoms with E-state index in [1.807, 2.05) is 0 Å². The minimum Gasteiger partial charge on any atom is -0.340 e. The molecule has 1 unspecified atom stereocenters. The quantitative estimate of drug-likeness (QED) is 0.730. The maximum Gasteiger partial charge on any atom is 0.325 e. The number of hydrogen-bond acceptors (Lipinski definition) is 4. The molecule has 0 aromatic heterocycles. The van der Waals surface area contributed by atoms with Gasteiger partial charge in [0, 0.05) is 19.1 Å². The third-order valence-corrected chi connectivity index (χ3v) is 7.21. The molecule has 3 N–H and O–H groups in total. The van der Waals surface area contributed by atoms with Gasteiger partial charge in [0.05, 0.1) is 0 Å². The molecule has 27 heavy (non-hydrogen) atoms. The molecule has 1 atom stereocenters. The summed E-state index contributed by atoms with van der Waals surface area (Å²) >= 11 is 0. The number of rotatable bonds is 4. The van der Waals surface area contributed by atoms with Crippen molar-refractivity contribution in [3.05, 3.63) is 0 Å². The molecule has 0 bridgehead atoms. The maximum atomic E-state index is 13.0. The molecule has 7 heteroatoms. The van der Waals surface area contributed by atoms with E-state index in [0.29, 0.717) is 31.8 Å². The van der Waals surface area contributed by atoms with Gasteiger partial charge in [0.1, 0.15) is 12.1 Å². The zero-order valence-electron chi connectivity index (χ0n) is 16.9. The van der Waals surface area contributed by atoms with Crippen LogP contribution in [0, 0.1) is 11.3 Å². The number of likely N-dealkylation sites (tertiary alicyclic amines) is 1. The number of nitrogens with zero attached hydrogens (tertiary/aromatic N) is 2. The number of amides is 4. The molecular formula is C20H34N4O3. The number of nitrogens with two attached hydrogens (primary N) is 1. The Balaban J connectivity index is 1.63. The normalized spacial score (nSPS) is 32.1. The molecule has 0 radical (unpaired) electrons. The Morgan fingerprint density at radius 3 is 2.52 bits per heavy atom. The largest absolute Gasteiger partial charge is 0.340 e. The zero-order valence-corrected chi connectivity index (χ0v) is 16.9. The summed E-state index contributed by atoms with van der Waals surface area (Å²) in [5.74, 6) is 0.143. The summed E-state index contributed by atoms with van der Waals surface area (Å²) in [6.07, 6.45) is 6.04. The number of carbonyl (C=O) groups excluding carboxylic acids is 3. The molecular weight excluding hydrogens is 344 g/mol. The fraction of sp³-hybridized carbons (Fsp3) is 0.850. The first-order valence-corrected chi connectivity index (χ1v) is 10.4. The van der Waals surface area contributed by atoms with Crippen LogP contribution in [0.4, 0.5) is 4.79 Å². The van der Waals surface area contributed by atoms with Crippen LogP contribution in [0.2, 0.25) is 0 Å². The molecule has 4 amide bonds. The smallest absolute Gasteiger partial charge is 0.325 e. The Bertz CT molecular complexity index is 610. The van der Waals surface area contributed by atoms with Crippen LogP contribution in [0.15, 0.2) is 0 Å². The molecule has 2 saturated heterocycles. The van der Waals surface area contributed by atoms with Crippen LogP contribution in [-0.4, -0.2) is 58.9 Å². The van der Waals surface area contributed by atoms with E-state index >= 15 is 0 Å². The number of urea groups is 1. The summed E-state index contributed by atoms with van der Waals surface area (Å²) in [6, 6.07) is -0.447. The minimum absolute atomic E-state index is 0.0191. The van der Waals surface area contributed by atoms with Gasteiger partial charge >= 0.3 is 6.03 Å². The van der Waals surface area contributed by atoms with E-state index in [4.69, 9.17) is 5.73 Å². The van der Waals surface area contributed by atoms with Crippen LogP contribution < -0.4 is 11.1 Å². The SMILES string of the molecule is CCC(C)(C)C1CCC2(CC1)NC(=O)N(CC(=O)N1CCCC(N)C1)C2=O. The van der Waals surface area contributed by atoms with Crippen LogP contribution in [-0.2, 0) is 9.59 Å². The summed E-state index contributed by atoms with van der Waals surface area (Å²) < 4.78 is 0. The predicted molar refractivity (Wildman–Crippen MR) is 103 cm³/mol. The highest BCUT2D eigenvalue weighted by molar-refractivity contribution is 6.09. The highest BCUT2D eigenvalue weighted by atomic mass is 16.2. The number of nitrogens with one attached hydrogen (secondary N) is 1. The lowest BCUT2D eigenvalue weighted by Crippen LogP contribution is -2.52.